The molecule has 5 heteroatoms. The van der Waals surface area contributed by atoms with Crippen LogP contribution in [0.3, 0.4) is 0 Å². The third-order valence-electron chi connectivity index (χ3n) is 3.07. The summed E-state index contributed by atoms with van der Waals surface area (Å²) < 4.78 is 27.1. The van der Waals surface area contributed by atoms with Crippen LogP contribution in [-0.2, 0) is 16.6 Å². The van der Waals surface area contributed by atoms with E-state index in [1.165, 1.54) is 12.1 Å². The first-order chi connectivity index (χ1) is 9.42. The van der Waals surface area contributed by atoms with Gasteiger partial charge in [0.1, 0.15) is 0 Å². The summed E-state index contributed by atoms with van der Waals surface area (Å²) in [6, 6.07) is 11.9. The number of aliphatic hydroxyl groups is 1. The van der Waals surface area contributed by atoms with Crippen molar-refractivity contribution in [2.45, 2.75) is 25.3 Å². The fraction of sp³-hybridized carbons (Fsp3) is 0.200. The molecule has 0 aromatic heterocycles. The molecule has 2 aromatic rings. The van der Waals surface area contributed by atoms with Gasteiger partial charge in [0.15, 0.2) is 0 Å². The summed E-state index contributed by atoms with van der Waals surface area (Å²) in [5.41, 5.74) is 2.97. The van der Waals surface area contributed by atoms with Crippen molar-refractivity contribution in [1.82, 2.24) is 0 Å². The van der Waals surface area contributed by atoms with Crippen molar-refractivity contribution in [3.63, 3.8) is 0 Å². The van der Waals surface area contributed by atoms with Gasteiger partial charge in [0.2, 0.25) is 0 Å². The van der Waals surface area contributed by atoms with Gasteiger partial charge in [0, 0.05) is 5.69 Å². The number of aliphatic hydroxyl groups excluding tert-OH is 1. The lowest BCUT2D eigenvalue weighted by Gasteiger charge is -2.10. The molecule has 0 unspecified atom stereocenters. The smallest absolute Gasteiger partial charge is 0.261 e. The highest BCUT2D eigenvalue weighted by atomic mass is 32.2. The number of benzene rings is 2. The fourth-order valence-corrected chi connectivity index (χ4v) is 3.01. The van der Waals surface area contributed by atoms with Crippen LogP contribution in [-0.4, -0.2) is 13.5 Å². The lowest BCUT2D eigenvalue weighted by Crippen LogP contribution is -2.13. The third kappa shape index (κ3) is 3.18. The van der Waals surface area contributed by atoms with Gasteiger partial charge in [0.05, 0.1) is 11.5 Å². The van der Waals surface area contributed by atoms with E-state index in [0.717, 1.165) is 11.1 Å². The second-order valence-electron chi connectivity index (χ2n) is 4.72. The number of nitrogens with one attached hydrogen (secondary N) is 1. The van der Waals surface area contributed by atoms with Crippen LogP contribution >= 0.6 is 0 Å². The number of aryl methyl sites for hydroxylation is 2. The molecule has 0 saturated heterocycles. The van der Waals surface area contributed by atoms with Crippen molar-refractivity contribution in [2.75, 3.05) is 4.72 Å². The van der Waals surface area contributed by atoms with Crippen molar-refractivity contribution in [3.8, 4) is 0 Å². The molecule has 4 nitrogen and oxygen atoms in total. The summed E-state index contributed by atoms with van der Waals surface area (Å²) in [6.07, 6.45) is 0. The largest absolute Gasteiger partial charge is 0.392 e. The van der Waals surface area contributed by atoms with Crippen molar-refractivity contribution in [2.24, 2.45) is 0 Å². The maximum absolute atomic E-state index is 12.3. The molecule has 2 N–H and O–H groups in total. The van der Waals surface area contributed by atoms with E-state index < -0.39 is 10.0 Å². The number of hydrogen-bond donors (Lipinski definition) is 2. The Bertz CT molecular complexity index is 724. The average Bonchev–Trinajstić information content (AvgIpc) is 2.38. The maximum Gasteiger partial charge on any atom is 0.261 e. The predicted molar refractivity (Wildman–Crippen MR) is 79.1 cm³/mol. The molecule has 106 valence electrons. The van der Waals surface area contributed by atoms with Gasteiger partial charge in [-0.3, -0.25) is 4.72 Å². The molecule has 0 aliphatic heterocycles. The van der Waals surface area contributed by atoms with Gasteiger partial charge in [-0.1, -0.05) is 18.2 Å². The molecule has 0 heterocycles. The summed E-state index contributed by atoms with van der Waals surface area (Å²) in [4.78, 5) is 0.147. The van der Waals surface area contributed by atoms with Crippen LogP contribution in [0.15, 0.2) is 47.4 Å². The van der Waals surface area contributed by atoms with Crippen molar-refractivity contribution in [3.05, 3.63) is 59.2 Å². The second-order valence-corrected chi connectivity index (χ2v) is 6.40. The SMILES string of the molecule is Cc1cccc(NS(=O)(=O)c2ccc(C)c(CO)c2)c1. The predicted octanol–water partition coefficient (Wildman–Crippen LogP) is 2.60. The normalized spacial score (nSPS) is 11.3. The van der Waals surface area contributed by atoms with E-state index in [-0.39, 0.29) is 11.5 Å². The molecule has 2 rings (SSSR count). The van der Waals surface area contributed by atoms with E-state index in [1.54, 1.807) is 24.3 Å². The Morgan fingerprint density at radius 2 is 1.85 bits per heavy atom. The Balaban J connectivity index is 2.35. The molecule has 0 amide bonds. The third-order valence-corrected chi connectivity index (χ3v) is 4.45. The number of hydrogen-bond acceptors (Lipinski definition) is 3. The Morgan fingerprint density at radius 3 is 2.50 bits per heavy atom. The van der Waals surface area contributed by atoms with E-state index >= 15 is 0 Å². The molecule has 0 aliphatic rings. The van der Waals surface area contributed by atoms with Crippen LogP contribution in [0.2, 0.25) is 0 Å². The number of anilines is 1. The fourth-order valence-electron chi connectivity index (χ4n) is 1.91. The van der Waals surface area contributed by atoms with E-state index in [9.17, 15) is 13.5 Å². The summed E-state index contributed by atoms with van der Waals surface area (Å²) in [5, 5.41) is 9.22. The highest BCUT2D eigenvalue weighted by Gasteiger charge is 2.15. The van der Waals surface area contributed by atoms with Crippen LogP contribution in [0.1, 0.15) is 16.7 Å². The van der Waals surface area contributed by atoms with E-state index in [1.807, 2.05) is 19.9 Å². The van der Waals surface area contributed by atoms with Crippen LogP contribution in [0.25, 0.3) is 0 Å². The first-order valence-electron chi connectivity index (χ1n) is 6.22. The zero-order valence-corrected chi connectivity index (χ0v) is 12.2. The van der Waals surface area contributed by atoms with E-state index in [4.69, 9.17) is 0 Å². The lowest BCUT2D eigenvalue weighted by atomic mass is 10.1. The Hall–Kier alpha value is -1.85. The molecule has 0 aliphatic carbocycles. The molecule has 0 fully saturated rings. The summed E-state index contributed by atoms with van der Waals surface area (Å²) in [7, 11) is -3.64. The Labute approximate surface area is 119 Å². The van der Waals surface area contributed by atoms with Crippen LogP contribution in [0.5, 0.6) is 0 Å². The van der Waals surface area contributed by atoms with E-state index in [0.29, 0.717) is 11.3 Å². The Kier molecular flexibility index (Phi) is 4.11. The highest BCUT2D eigenvalue weighted by molar-refractivity contribution is 7.92. The van der Waals surface area contributed by atoms with Gasteiger partial charge in [-0.2, -0.15) is 0 Å². The number of rotatable bonds is 4. The van der Waals surface area contributed by atoms with Gasteiger partial charge >= 0.3 is 0 Å². The summed E-state index contributed by atoms with van der Waals surface area (Å²) in [5.74, 6) is 0. The number of sulfonamides is 1. The molecule has 0 bridgehead atoms. The molecule has 0 atom stereocenters. The van der Waals surface area contributed by atoms with Crippen LogP contribution in [0.4, 0.5) is 5.69 Å². The van der Waals surface area contributed by atoms with Crippen LogP contribution in [0, 0.1) is 13.8 Å². The molecular weight excluding hydrogens is 274 g/mol. The van der Waals surface area contributed by atoms with Crippen molar-refractivity contribution < 1.29 is 13.5 Å². The average molecular weight is 291 g/mol. The van der Waals surface area contributed by atoms with Crippen molar-refractivity contribution in [1.29, 1.82) is 0 Å². The zero-order valence-electron chi connectivity index (χ0n) is 11.4. The first-order valence-corrected chi connectivity index (χ1v) is 7.70. The quantitative estimate of drug-likeness (QED) is 0.910. The molecule has 0 radical (unpaired) electrons. The lowest BCUT2D eigenvalue weighted by molar-refractivity contribution is 0.281. The standard InChI is InChI=1S/C15H17NO3S/c1-11-4-3-5-14(8-11)16-20(18,19)15-7-6-12(2)13(9-15)10-17/h3-9,16-17H,10H2,1-2H3. The maximum atomic E-state index is 12.3. The highest BCUT2D eigenvalue weighted by Crippen LogP contribution is 2.19. The molecule has 0 saturated carbocycles. The van der Waals surface area contributed by atoms with Gasteiger partial charge < -0.3 is 5.11 Å². The molecule has 2 aromatic carbocycles. The summed E-state index contributed by atoms with van der Waals surface area (Å²) in [6.45, 7) is 3.54. The van der Waals surface area contributed by atoms with Crippen LogP contribution < -0.4 is 4.72 Å². The molecule has 20 heavy (non-hydrogen) atoms. The molecule has 0 spiro atoms. The monoisotopic (exact) mass is 291 g/mol. The summed E-state index contributed by atoms with van der Waals surface area (Å²) >= 11 is 0. The van der Waals surface area contributed by atoms with Crippen molar-refractivity contribution >= 4 is 15.7 Å². The minimum absolute atomic E-state index is 0.147. The first kappa shape index (κ1) is 14.6. The van der Waals surface area contributed by atoms with E-state index in [2.05, 4.69) is 4.72 Å². The minimum Gasteiger partial charge on any atom is -0.392 e. The van der Waals surface area contributed by atoms with Gasteiger partial charge in [-0.05, 0) is 54.8 Å². The molecular formula is C15H17NO3S. The minimum atomic E-state index is -3.64. The van der Waals surface area contributed by atoms with Gasteiger partial charge in [-0.15, -0.1) is 0 Å². The Morgan fingerprint density at radius 1 is 1.10 bits per heavy atom. The second kappa shape index (κ2) is 5.64. The van der Waals surface area contributed by atoms with Gasteiger partial charge in [-0.25, -0.2) is 8.42 Å². The topological polar surface area (TPSA) is 66.4 Å². The zero-order chi connectivity index (χ0) is 14.8. The van der Waals surface area contributed by atoms with Gasteiger partial charge in [0.25, 0.3) is 10.0 Å².